The quantitative estimate of drug-likeness (QED) is 0.784. The first kappa shape index (κ1) is 15.8. The summed E-state index contributed by atoms with van der Waals surface area (Å²) in [7, 11) is 2.14. The molecule has 0 bridgehead atoms. The van der Waals surface area contributed by atoms with Crippen LogP contribution in [0, 0.1) is 5.82 Å². The molecule has 0 radical (unpaired) electrons. The monoisotopic (exact) mass is 315 g/mol. The summed E-state index contributed by atoms with van der Waals surface area (Å²) in [4.78, 5) is 2.36. The highest BCUT2D eigenvalue weighted by atomic mass is 19.1. The van der Waals surface area contributed by atoms with Crippen molar-refractivity contribution in [2.24, 2.45) is 0 Å². The van der Waals surface area contributed by atoms with Crippen molar-refractivity contribution in [1.82, 2.24) is 4.90 Å². The number of ether oxygens (including phenoxy) is 2. The summed E-state index contributed by atoms with van der Waals surface area (Å²) in [5, 5.41) is 0. The molecule has 0 aliphatic carbocycles. The van der Waals surface area contributed by atoms with Gasteiger partial charge in [-0.1, -0.05) is 24.3 Å². The highest BCUT2D eigenvalue weighted by Gasteiger charge is 2.21. The van der Waals surface area contributed by atoms with E-state index in [1.54, 1.807) is 24.3 Å². The number of rotatable bonds is 6. The zero-order valence-electron chi connectivity index (χ0n) is 13.4. The van der Waals surface area contributed by atoms with E-state index in [9.17, 15) is 4.39 Å². The summed E-state index contributed by atoms with van der Waals surface area (Å²) in [6.45, 7) is 1.70. The van der Waals surface area contributed by atoms with E-state index < -0.39 is 5.82 Å². The molecule has 1 fully saturated rings. The Hall–Kier alpha value is -2.07. The molecule has 4 heteroatoms. The van der Waals surface area contributed by atoms with E-state index in [0.29, 0.717) is 24.1 Å². The van der Waals surface area contributed by atoms with Gasteiger partial charge in [0.05, 0.1) is 6.61 Å². The zero-order chi connectivity index (χ0) is 16.1. The standard InChI is InChI=1S/C19H22FNO2/c1-21-13-6-7-15(21)12-14-22-18-11-5-10-17(20)19(18)23-16-8-3-2-4-9-16/h2-5,8-11,15H,6-7,12-14H2,1H3/t15-/m0/s1. The van der Waals surface area contributed by atoms with Gasteiger partial charge in [-0.05, 0) is 57.1 Å². The predicted octanol–water partition coefficient (Wildman–Crippen LogP) is 4.48. The Bertz CT molecular complexity index is 633. The van der Waals surface area contributed by atoms with Crippen molar-refractivity contribution in [2.75, 3.05) is 20.2 Å². The molecule has 1 aliphatic rings. The number of hydrogen-bond acceptors (Lipinski definition) is 3. The van der Waals surface area contributed by atoms with Gasteiger partial charge in [0, 0.05) is 6.04 Å². The number of hydrogen-bond donors (Lipinski definition) is 0. The van der Waals surface area contributed by atoms with Gasteiger partial charge in [0.1, 0.15) is 5.75 Å². The van der Waals surface area contributed by atoms with Crippen molar-refractivity contribution >= 4 is 0 Å². The third-order valence-corrected chi connectivity index (χ3v) is 4.27. The molecule has 2 aromatic rings. The fourth-order valence-corrected chi connectivity index (χ4v) is 2.96. The van der Waals surface area contributed by atoms with E-state index in [4.69, 9.17) is 9.47 Å². The first-order valence-corrected chi connectivity index (χ1v) is 8.08. The smallest absolute Gasteiger partial charge is 0.204 e. The molecule has 3 nitrogen and oxygen atoms in total. The van der Waals surface area contributed by atoms with Gasteiger partial charge in [0.25, 0.3) is 0 Å². The first-order valence-electron chi connectivity index (χ1n) is 8.08. The number of benzene rings is 2. The van der Waals surface area contributed by atoms with E-state index in [-0.39, 0.29) is 5.75 Å². The van der Waals surface area contributed by atoms with Gasteiger partial charge in [-0.2, -0.15) is 0 Å². The largest absolute Gasteiger partial charge is 0.489 e. The lowest BCUT2D eigenvalue weighted by Gasteiger charge is -2.20. The average molecular weight is 315 g/mol. The number of halogens is 1. The van der Waals surface area contributed by atoms with E-state index in [0.717, 1.165) is 13.0 Å². The zero-order valence-corrected chi connectivity index (χ0v) is 13.4. The molecule has 1 atom stereocenters. The highest BCUT2D eigenvalue weighted by molar-refractivity contribution is 5.43. The van der Waals surface area contributed by atoms with Crippen LogP contribution in [-0.4, -0.2) is 31.1 Å². The molecule has 0 unspecified atom stereocenters. The molecule has 23 heavy (non-hydrogen) atoms. The van der Waals surface area contributed by atoms with Gasteiger partial charge < -0.3 is 14.4 Å². The molecule has 3 rings (SSSR count). The summed E-state index contributed by atoms with van der Waals surface area (Å²) in [6, 6.07) is 14.5. The molecular weight excluding hydrogens is 293 g/mol. The highest BCUT2D eigenvalue weighted by Crippen LogP contribution is 2.34. The van der Waals surface area contributed by atoms with Gasteiger partial charge in [-0.15, -0.1) is 0 Å². The summed E-state index contributed by atoms with van der Waals surface area (Å²) >= 11 is 0. The number of nitrogens with zero attached hydrogens (tertiary/aromatic N) is 1. The van der Waals surface area contributed by atoms with Crippen molar-refractivity contribution in [3.05, 3.63) is 54.3 Å². The van der Waals surface area contributed by atoms with Gasteiger partial charge >= 0.3 is 0 Å². The molecule has 1 aliphatic heterocycles. The maximum atomic E-state index is 14.1. The maximum Gasteiger partial charge on any atom is 0.204 e. The van der Waals surface area contributed by atoms with Crippen LogP contribution < -0.4 is 9.47 Å². The van der Waals surface area contributed by atoms with Gasteiger partial charge in [0.15, 0.2) is 11.6 Å². The van der Waals surface area contributed by atoms with Crippen molar-refractivity contribution in [1.29, 1.82) is 0 Å². The minimum atomic E-state index is -0.413. The molecule has 1 heterocycles. The van der Waals surface area contributed by atoms with E-state index in [1.165, 1.54) is 18.9 Å². The van der Waals surface area contributed by atoms with Gasteiger partial charge in [0.2, 0.25) is 5.75 Å². The molecule has 0 N–H and O–H groups in total. The van der Waals surface area contributed by atoms with Crippen LogP contribution in [0.2, 0.25) is 0 Å². The Balaban J connectivity index is 1.65. The normalized spacial score (nSPS) is 18.1. The number of para-hydroxylation sites is 2. The minimum Gasteiger partial charge on any atom is -0.489 e. The van der Waals surface area contributed by atoms with E-state index in [2.05, 4.69) is 11.9 Å². The van der Waals surface area contributed by atoms with Crippen LogP contribution in [0.3, 0.4) is 0 Å². The molecule has 0 saturated carbocycles. The lowest BCUT2D eigenvalue weighted by Crippen LogP contribution is -2.26. The molecule has 122 valence electrons. The molecule has 2 aromatic carbocycles. The first-order chi connectivity index (χ1) is 11.2. The lowest BCUT2D eigenvalue weighted by atomic mass is 10.1. The van der Waals surface area contributed by atoms with Gasteiger partial charge in [-0.25, -0.2) is 4.39 Å². The number of likely N-dealkylation sites (tertiary alicyclic amines) is 1. The maximum absolute atomic E-state index is 14.1. The van der Waals surface area contributed by atoms with Crippen molar-refractivity contribution < 1.29 is 13.9 Å². The average Bonchev–Trinajstić information content (AvgIpc) is 2.97. The topological polar surface area (TPSA) is 21.7 Å². The van der Waals surface area contributed by atoms with Gasteiger partial charge in [-0.3, -0.25) is 0 Å². The molecule has 0 spiro atoms. The second-order valence-corrected chi connectivity index (χ2v) is 5.90. The van der Waals surface area contributed by atoms with E-state index in [1.807, 2.05) is 18.2 Å². The fraction of sp³-hybridized carbons (Fsp3) is 0.368. The second-order valence-electron chi connectivity index (χ2n) is 5.90. The van der Waals surface area contributed by atoms with Crippen LogP contribution >= 0.6 is 0 Å². The molecule has 1 saturated heterocycles. The Morgan fingerprint density at radius 2 is 1.96 bits per heavy atom. The van der Waals surface area contributed by atoms with E-state index >= 15 is 0 Å². The second kappa shape index (κ2) is 7.47. The summed E-state index contributed by atoms with van der Waals surface area (Å²) < 4.78 is 25.6. The SMILES string of the molecule is CN1CCC[C@H]1CCOc1cccc(F)c1Oc1ccccc1. The van der Waals surface area contributed by atoms with Crippen molar-refractivity contribution in [2.45, 2.75) is 25.3 Å². The minimum absolute atomic E-state index is 0.151. The summed E-state index contributed by atoms with van der Waals surface area (Å²) in [6.07, 6.45) is 3.39. The van der Waals surface area contributed by atoms with Crippen molar-refractivity contribution in [3.8, 4) is 17.2 Å². The molecule has 0 aromatic heterocycles. The van der Waals surface area contributed by atoms with Crippen LogP contribution in [0.25, 0.3) is 0 Å². The molecular formula is C19H22FNO2. The summed E-state index contributed by atoms with van der Waals surface area (Å²) in [5.41, 5.74) is 0. The van der Waals surface area contributed by atoms with Crippen LogP contribution in [0.15, 0.2) is 48.5 Å². The van der Waals surface area contributed by atoms with Crippen LogP contribution in [0.4, 0.5) is 4.39 Å². The third-order valence-electron chi connectivity index (χ3n) is 4.27. The third kappa shape index (κ3) is 4.02. The fourth-order valence-electron chi connectivity index (χ4n) is 2.96. The molecule has 0 amide bonds. The Kier molecular flexibility index (Phi) is 5.13. The Morgan fingerprint density at radius 3 is 2.70 bits per heavy atom. The van der Waals surface area contributed by atoms with Crippen LogP contribution in [0.5, 0.6) is 17.2 Å². The predicted molar refractivity (Wildman–Crippen MR) is 88.7 cm³/mol. The van der Waals surface area contributed by atoms with Crippen LogP contribution in [0.1, 0.15) is 19.3 Å². The Labute approximate surface area is 136 Å². The lowest BCUT2D eigenvalue weighted by molar-refractivity contribution is 0.228. The Morgan fingerprint density at radius 1 is 1.13 bits per heavy atom. The van der Waals surface area contributed by atoms with Crippen molar-refractivity contribution in [3.63, 3.8) is 0 Å². The summed E-state index contributed by atoms with van der Waals surface area (Å²) in [5.74, 6) is 0.787. The van der Waals surface area contributed by atoms with Crippen LogP contribution in [-0.2, 0) is 0 Å².